The molecular weight excluding hydrogens is 638 g/mol. The van der Waals surface area contributed by atoms with Crippen molar-refractivity contribution in [1.82, 2.24) is 14.8 Å². The second kappa shape index (κ2) is 12.4. The molecule has 5 N–H and O–H groups in total. The number of H-pyrrole nitrogens is 1. The van der Waals surface area contributed by atoms with Crippen LogP contribution in [0.3, 0.4) is 0 Å². The largest absolute Gasteiger partial charge is 0.367 e. The minimum Gasteiger partial charge on any atom is -0.367 e. The molecule has 2 unspecified atom stereocenters. The average Bonchev–Trinajstić information content (AvgIpc) is 3.89. The predicted octanol–water partition coefficient (Wildman–Crippen LogP) is 5.57. The van der Waals surface area contributed by atoms with Crippen LogP contribution in [0.4, 0.5) is 0 Å². The van der Waals surface area contributed by atoms with Gasteiger partial charge in [0.05, 0.1) is 18.4 Å². The van der Waals surface area contributed by atoms with Gasteiger partial charge in [0, 0.05) is 34.8 Å². The number of likely N-dealkylation sites (tertiary alicyclic amines) is 2. The van der Waals surface area contributed by atoms with E-state index in [0.29, 0.717) is 49.9 Å². The van der Waals surface area contributed by atoms with E-state index in [0.717, 1.165) is 43.7 Å². The summed E-state index contributed by atoms with van der Waals surface area (Å²) in [6.45, 7) is 0.910. The number of aromatic amines is 1. The first-order valence-electron chi connectivity index (χ1n) is 17.5. The summed E-state index contributed by atoms with van der Waals surface area (Å²) in [5.74, 6) is -1.33. The van der Waals surface area contributed by atoms with Crippen LogP contribution in [-0.4, -0.2) is 51.5 Å². The number of nitrogens with one attached hydrogen (secondary N) is 1. The highest BCUT2D eigenvalue weighted by atomic mass is 16.2. The first kappa shape index (κ1) is 32.3. The monoisotopic (exact) mass is 677 g/mol. The summed E-state index contributed by atoms with van der Waals surface area (Å²) in [4.78, 5) is 60.8. The van der Waals surface area contributed by atoms with Crippen LogP contribution >= 0.6 is 0 Å². The third kappa shape index (κ3) is 5.14. The van der Waals surface area contributed by atoms with Gasteiger partial charge in [-0.25, -0.2) is 0 Å². The van der Waals surface area contributed by atoms with Gasteiger partial charge in [0.25, 0.3) is 0 Å². The molecule has 4 amide bonds. The number of benzene rings is 5. The van der Waals surface area contributed by atoms with Gasteiger partial charge in [-0.15, -0.1) is 0 Å². The summed E-state index contributed by atoms with van der Waals surface area (Å²) < 4.78 is 0. The van der Waals surface area contributed by atoms with Crippen LogP contribution in [0, 0.1) is 0 Å². The first-order chi connectivity index (χ1) is 24.7. The van der Waals surface area contributed by atoms with E-state index in [2.05, 4.69) is 4.98 Å². The molecule has 2 fully saturated rings. The van der Waals surface area contributed by atoms with Gasteiger partial charge in [-0.05, 0) is 71.5 Å². The van der Waals surface area contributed by atoms with Crippen LogP contribution in [0.2, 0.25) is 0 Å². The van der Waals surface area contributed by atoms with E-state index in [9.17, 15) is 19.2 Å². The van der Waals surface area contributed by atoms with Crippen molar-refractivity contribution in [3.05, 3.63) is 131 Å². The molecule has 9 nitrogen and oxygen atoms in total. The summed E-state index contributed by atoms with van der Waals surface area (Å²) in [7, 11) is 0. The van der Waals surface area contributed by atoms with Gasteiger partial charge in [0.1, 0.15) is 11.1 Å². The highest BCUT2D eigenvalue weighted by molar-refractivity contribution is 6.17. The lowest BCUT2D eigenvalue weighted by Crippen LogP contribution is -2.54. The summed E-state index contributed by atoms with van der Waals surface area (Å²) in [5.41, 5.74) is 14.8. The molecule has 2 saturated heterocycles. The molecule has 256 valence electrons. The normalized spacial score (nSPS) is 20.4. The molecule has 0 spiro atoms. The maximum Gasteiger partial charge on any atom is 0.248 e. The molecule has 0 radical (unpaired) electrons. The Morgan fingerprint density at radius 1 is 0.588 bits per heavy atom. The fourth-order valence-corrected chi connectivity index (χ4v) is 8.66. The van der Waals surface area contributed by atoms with Gasteiger partial charge in [-0.1, -0.05) is 91.0 Å². The number of nitrogens with zero attached hydrogens (tertiary/aromatic N) is 2. The number of nitrogens with two attached hydrogens (primary N) is 2. The third-order valence-electron chi connectivity index (χ3n) is 11.1. The third-order valence-corrected chi connectivity index (χ3v) is 11.1. The molecule has 1 aromatic heterocycles. The number of fused-ring (bicyclic) bond motifs is 5. The van der Waals surface area contributed by atoms with E-state index in [1.807, 2.05) is 109 Å². The molecule has 2 aliphatic rings. The number of carbonyl (C=O) groups excluding carboxylic acids is 4. The molecular formula is C42H39N5O4. The summed E-state index contributed by atoms with van der Waals surface area (Å²) in [6.07, 6.45) is 2.64. The lowest BCUT2D eigenvalue weighted by Gasteiger charge is -2.36. The Balaban J connectivity index is 1.17. The van der Waals surface area contributed by atoms with Crippen molar-refractivity contribution in [1.29, 1.82) is 0 Å². The van der Waals surface area contributed by atoms with E-state index in [4.69, 9.17) is 11.5 Å². The minimum atomic E-state index is -1.25. The summed E-state index contributed by atoms with van der Waals surface area (Å²) in [6, 6.07) is 34.8. The zero-order valence-electron chi connectivity index (χ0n) is 28.2. The molecule has 51 heavy (non-hydrogen) atoms. The number of aromatic nitrogens is 1. The van der Waals surface area contributed by atoms with Gasteiger partial charge in [-0.2, -0.15) is 0 Å². The highest BCUT2D eigenvalue weighted by Crippen LogP contribution is 2.44. The molecule has 0 aliphatic carbocycles. The topological polar surface area (TPSA) is 143 Å². The molecule has 9 heteroatoms. The van der Waals surface area contributed by atoms with Crippen LogP contribution in [0.25, 0.3) is 32.6 Å². The fourth-order valence-electron chi connectivity index (χ4n) is 8.66. The van der Waals surface area contributed by atoms with Gasteiger partial charge in [-0.3, -0.25) is 19.2 Å². The van der Waals surface area contributed by atoms with Crippen LogP contribution in [0.15, 0.2) is 109 Å². The number of primary amides is 2. The fraction of sp³-hybridized carbons (Fsp3) is 0.238. The number of hydrogen-bond acceptors (Lipinski definition) is 4. The molecule has 5 aromatic carbocycles. The number of carbonyl (C=O) groups is 4. The van der Waals surface area contributed by atoms with Crippen molar-refractivity contribution in [2.75, 3.05) is 13.1 Å². The lowest BCUT2D eigenvalue weighted by molar-refractivity contribution is -0.143. The molecule has 6 aromatic rings. The van der Waals surface area contributed by atoms with Crippen molar-refractivity contribution in [2.24, 2.45) is 11.5 Å². The maximum atomic E-state index is 13.7. The van der Waals surface area contributed by atoms with E-state index >= 15 is 0 Å². The first-order valence-corrected chi connectivity index (χ1v) is 17.5. The van der Waals surface area contributed by atoms with Crippen molar-refractivity contribution < 1.29 is 19.2 Å². The Morgan fingerprint density at radius 2 is 1.10 bits per heavy atom. The second-order valence-electron chi connectivity index (χ2n) is 13.9. The SMILES string of the molecule is NC(=O)C1(c2ccc3c(ccc4c5cc(C6(C(N)=O)CCCN6C(=O)Cc6ccccc6)ccc5[nH]c34)c2)CCCN1C(=O)Cc1ccccc1. The lowest BCUT2D eigenvalue weighted by atomic mass is 9.84. The molecule has 0 saturated carbocycles. The second-order valence-corrected chi connectivity index (χ2v) is 13.9. The van der Waals surface area contributed by atoms with Crippen LogP contribution in [0.5, 0.6) is 0 Å². The van der Waals surface area contributed by atoms with Crippen molar-refractivity contribution >= 4 is 56.2 Å². The van der Waals surface area contributed by atoms with E-state index in [1.54, 1.807) is 9.80 Å². The van der Waals surface area contributed by atoms with Gasteiger partial charge < -0.3 is 26.3 Å². The van der Waals surface area contributed by atoms with Crippen molar-refractivity contribution in [3.8, 4) is 0 Å². The van der Waals surface area contributed by atoms with Crippen molar-refractivity contribution in [2.45, 2.75) is 49.6 Å². The van der Waals surface area contributed by atoms with E-state index in [1.165, 1.54) is 0 Å². The summed E-state index contributed by atoms with van der Waals surface area (Å²) in [5, 5.41) is 3.71. The zero-order valence-corrected chi connectivity index (χ0v) is 28.2. The minimum absolute atomic E-state index is 0.129. The summed E-state index contributed by atoms with van der Waals surface area (Å²) >= 11 is 0. The van der Waals surface area contributed by atoms with Crippen LogP contribution < -0.4 is 11.5 Å². The zero-order chi connectivity index (χ0) is 35.3. The standard InChI is InChI=1S/C42H39N5O4/c43-39(50)41(19-7-21-46(41)36(48)23-27-9-3-1-4-10-27)30-14-17-32-29(25-30)13-16-33-34-26-31(15-18-35(34)45-38(32)33)42(40(44)51)20-8-22-47(42)37(49)24-28-11-5-2-6-12-28/h1-6,9-18,25-26,45H,7-8,19-24H2,(H2,43,50)(H2,44,51). The Kier molecular flexibility index (Phi) is 7.86. The smallest absolute Gasteiger partial charge is 0.248 e. The predicted molar refractivity (Wildman–Crippen MR) is 197 cm³/mol. The van der Waals surface area contributed by atoms with E-state index in [-0.39, 0.29) is 24.7 Å². The molecule has 0 bridgehead atoms. The van der Waals surface area contributed by atoms with Gasteiger partial charge >= 0.3 is 0 Å². The quantitative estimate of drug-likeness (QED) is 0.194. The Hall–Kier alpha value is -5.96. The molecule has 8 rings (SSSR count). The number of rotatable bonds is 8. The Labute approximate surface area is 295 Å². The maximum absolute atomic E-state index is 13.7. The number of hydrogen-bond donors (Lipinski definition) is 3. The Bertz CT molecular complexity index is 2350. The van der Waals surface area contributed by atoms with Crippen LogP contribution in [0.1, 0.15) is 47.9 Å². The van der Waals surface area contributed by atoms with Gasteiger partial charge in [0.15, 0.2) is 0 Å². The van der Waals surface area contributed by atoms with Gasteiger partial charge in [0.2, 0.25) is 23.6 Å². The molecule has 2 aliphatic heterocycles. The number of amides is 4. The average molecular weight is 678 g/mol. The van der Waals surface area contributed by atoms with E-state index < -0.39 is 22.9 Å². The van der Waals surface area contributed by atoms with Crippen molar-refractivity contribution in [3.63, 3.8) is 0 Å². The Morgan fingerprint density at radius 3 is 1.65 bits per heavy atom. The molecule has 2 atom stereocenters. The van der Waals surface area contributed by atoms with Crippen LogP contribution in [-0.2, 0) is 43.1 Å². The highest BCUT2D eigenvalue weighted by Gasteiger charge is 2.51. The molecule has 3 heterocycles.